The number of aromatic nitrogens is 5. The van der Waals surface area contributed by atoms with Crippen molar-refractivity contribution in [1.29, 1.82) is 0 Å². The van der Waals surface area contributed by atoms with Crippen molar-refractivity contribution in [2.45, 2.75) is 0 Å². The lowest BCUT2D eigenvalue weighted by atomic mass is 9.95. The highest BCUT2D eigenvalue weighted by Gasteiger charge is 2.24. The van der Waals surface area contributed by atoms with Crippen molar-refractivity contribution in [1.82, 2.24) is 24.1 Å². The molecule has 5 heteroatoms. The molecule has 0 saturated heterocycles. The van der Waals surface area contributed by atoms with Crippen LogP contribution in [0.2, 0.25) is 0 Å². The summed E-state index contributed by atoms with van der Waals surface area (Å²) in [7, 11) is 0. The minimum Gasteiger partial charge on any atom is -0.307 e. The SMILES string of the molecule is c1ccc(-c2cccc(-c3cc(-c4ccccc4)cc(-n4c5ccccc5c5ccc6c7ccccc7n(-c7nc(-c8ccccc8)nc(-c8ccccc8-c8ccccc8)n7)c6c54)c3)c2)cc1. The van der Waals surface area contributed by atoms with E-state index in [2.05, 4.69) is 234 Å². The summed E-state index contributed by atoms with van der Waals surface area (Å²) in [5.41, 5.74) is 16.2. The maximum atomic E-state index is 5.49. The quantitative estimate of drug-likeness (QED) is 0.153. The van der Waals surface area contributed by atoms with Crippen LogP contribution in [0.25, 0.3) is 123 Å². The van der Waals surface area contributed by atoms with E-state index in [-0.39, 0.29) is 0 Å². The van der Waals surface area contributed by atoms with Crippen molar-refractivity contribution in [2.75, 3.05) is 0 Å². The lowest BCUT2D eigenvalue weighted by Gasteiger charge is -2.16. The molecule has 0 aliphatic heterocycles. The molecule has 68 heavy (non-hydrogen) atoms. The van der Waals surface area contributed by atoms with E-state index >= 15 is 0 Å². The number of hydrogen-bond acceptors (Lipinski definition) is 3. The van der Waals surface area contributed by atoms with Gasteiger partial charge in [0.05, 0.1) is 22.1 Å². The van der Waals surface area contributed by atoms with Crippen LogP contribution in [0, 0.1) is 0 Å². The second kappa shape index (κ2) is 16.4. The Morgan fingerprint density at radius 2 is 0.676 bits per heavy atom. The summed E-state index contributed by atoms with van der Waals surface area (Å²) in [6.07, 6.45) is 0. The zero-order valence-corrected chi connectivity index (χ0v) is 36.9. The van der Waals surface area contributed by atoms with Crippen LogP contribution in [0.5, 0.6) is 0 Å². The second-order valence-corrected chi connectivity index (χ2v) is 17.2. The highest BCUT2D eigenvalue weighted by molar-refractivity contribution is 6.23. The number of benzene rings is 10. The highest BCUT2D eigenvalue weighted by Crippen LogP contribution is 2.43. The minimum absolute atomic E-state index is 0.545. The first-order chi connectivity index (χ1) is 33.7. The Morgan fingerprint density at radius 3 is 1.31 bits per heavy atom. The lowest BCUT2D eigenvalue weighted by Crippen LogP contribution is -2.07. The van der Waals surface area contributed by atoms with Crippen LogP contribution < -0.4 is 0 Å². The molecule has 0 unspecified atom stereocenters. The van der Waals surface area contributed by atoms with Crippen LogP contribution in [0.1, 0.15) is 0 Å². The monoisotopic (exact) mass is 867 g/mol. The number of nitrogens with zero attached hydrogens (tertiary/aromatic N) is 5. The summed E-state index contributed by atoms with van der Waals surface area (Å²) in [4.78, 5) is 16.2. The van der Waals surface area contributed by atoms with E-state index in [0.717, 1.165) is 93.8 Å². The number of hydrogen-bond donors (Lipinski definition) is 0. The summed E-state index contributed by atoms with van der Waals surface area (Å²) in [6.45, 7) is 0. The van der Waals surface area contributed by atoms with E-state index < -0.39 is 0 Å². The molecular weight excluding hydrogens is 827 g/mol. The van der Waals surface area contributed by atoms with Crippen LogP contribution in [0.4, 0.5) is 0 Å². The molecule has 13 aromatic rings. The van der Waals surface area contributed by atoms with Crippen LogP contribution in [-0.4, -0.2) is 24.1 Å². The number of para-hydroxylation sites is 2. The zero-order chi connectivity index (χ0) is 45.0. The molecular formula is C63H41N5. The van der Waals surface area contributed by atoms with Crippen LogP contribution in [0.15, 0.2) is 249 Å². The average Bonchev–Trinajstić information content (AvgIpc) is 3.95. The third-order valence-corrected chi connectivity index (χ3v) is 13.2. The van der Waals surface area contributed by atoms with Gasteiger partial charge >= 0.3 is 0 Å². The van der Waals surface area contributed by atoms with Crippen molar-refractivity contribution >= 4 is 43.6 Å². The van der Waals surface area contributed by atoms with Gasteiger partial charge in [-0.25, -0.2) is 4.98 Å². The Labute approximate surface area is 393 Å². The van der Waals surface area contributed by atoms with Crippen molar-refractivity contribution in [2.24, 2.45) is 0 Å². The standard InChI is InChI=1S/C63H41N5/c1-5-20-42(21-6-1)46-28-19-29-47(38-46)49-39-48(43-22-7-2-8-23-43)40-50(41-49)67-57-34-17-15-31-52(57)54-36-37-55-53-32-16-18-35-58(53)68(60(55)59(54)67)63-65-61(45-26-11-4-12-27-45)64-62(66-63)56-33-14-13-30-51(56)44-24-9-3-10-25-44/h1-41H. The summed E-state index contributed by atoms with van der Waals surface area (Å²) in [5.74, 6) is 1.75. The van der Waals surface area contributed by atoms with E-state index in [0.29, 0.717) is 17.6 Å². The fraction of sp³-hybridized carbons (Fsp3) is 0. The Hall–Kier alpha value is -9.19. The second-order valence-electron chi connectivity index (χ2n) is 17.2. The molecule has 3 heterocycles. The van der Waals surface area contributed by atoms with Crippen LogP contribution >= 0.6 is 0 Å². The molecule has 13 rings (SSSR count). The number of rotatable bonds is 8. The Balaban J connectivity index is 1.13. The van der Waals surface area contributed by atoms with E-state index in [9.17, 15) is 0 Å². The molecule has 0 aliphatic rings. The summed E-state index contributed by atoms with van der Waals surface area (Å²) in [6, 6.07) is 88.3. The molecule has 5 nitrogen and oxygen atoms in total. The zero-order valence-electron chi connectivity index (χ0n) is 36.9. The molecule has 0 atom stereocenters. The summed E-state index contributed by atoms with van der Waals surface area (Å²) in [5, 5.41) is 4.53. The van der Waals surface area contributed by atoms with Gasteiger partial charge in [-0.1, -0.05) is 212 Å². The smallest absolute Gasteiger partial charge is 0.238 e. The lowest BCUT2D eigenvalue weighted by molar-refractivity contribution is 0.953. The first-order valence-corrected chi connectivity index (χ1v) is 23.0. The molecule has 0 N–H and O–H groups in total. The predicted octanol–water partition coefficient (Wildman–Crippen LogP) is 16.1. The van der Waals surface area contributed by atoms with Crippen molar-refractivity contribution in [3.63, 3.8) is 0 Å². The minimum atomic E-state index is 0.545. The Kier molecular flexibility index (Phi) is 9.43. The van der Waals surface area contributed by atoms with Crippen molar-refractivity contribution < 1.29 is 0 Å². The molecule has 10 aromatic carbocycles. The molecule has 0 amide bonds. The van der Waals surface area contributed by atoms with Crippen LogP contribution in [-0.2, 0) is 0 Å². The molecule has 3 aromatic heterocycles. The van der Waals surface area contributed by atoms with E-state index in [1.807, 2.05) is 24.3 Å². The summed E-state index contributed by atoms with van der Waals surface area (Å²) >= 11 is 0. The fourth-order valence-electron chi connectivity index (χ4n) is 10.0. The fourth-order valence-corrected chi connectivity index (χ4v) is 10.0. The van der Waals surface area contributed by atoms with Gasteiger partial charge in [-0.3, -0.25) is 4.57 Å². The normalized spacial score (nSPS) is 11.5. The van der Waals surface area contributed by atoms with E-state index in [4.69, 9.17) is 15.0 Å². The molecule has 0 radical (unpaired) electrons. The van der Waals surface area contributed by atoms with Crippen LogP contribution in [0.3, 0.4) is 0 Å². The van der Waals surface area contributed by atoms with E-state index in [1.54, 1.807) is 0 Å². The first-order valence-electron chi connectivity index (χ1n) is 23.0. The molecule has 0 bridgehead atoms. The largest absolute Gasteiger partial charge is 0.307 e. The van der Waals surface area contributed by atoms with Gasteiger partial charge in [-0.05, 0) is 80.9 Å². The van der Waals surface area contributed by atoms with Gasteiger partial charge < -0.3 is 4.57 Å². The maximum Gasteiger partial charge on any atom is 0.238 e. The molecule has 0 fully saturated rings. The predicted molar refractivity (Wildman–Crippen MR) is 281 cm³/mol. The van der Waals surface area contributed by atoms with Gasteiger partial charge in [0.15, 0.2) is 11.6 Å². The van der Waals surface area contributed by atoms with Gasteiger partial charge in [0.1, 0.15) is 0 Å². The van der Waals surface area contributed by atoms with Gasteiger partial charge in [-0.2, -0.15) is 9.97 Å². The summed E-state index contributed by atoms with van der Waals surface area (Å²) < 4.78 is 4.74. The highest BCUT2D eigenvalue weighted by atomic mass is 15.2. The van der Waals surface area contributed by atoms with Crippen molar-refractivity contribution in [3.8, 4) is 78.9 Å². The van der Waals surface area contributed by atoms with E-state index in [1.165, 1.54) is 11.1 Å². The van der Waals surface area contributed by atoms with Gasteiger partial charge in [-0.15, -0.1) is 0 Å². The third-order valence-electron chi connectivity index (χ3n) is 13.2. The molecule has 0 aliphatic carbocycles. The average molecular weight is 868 g/mol. The molecule has 0 saturated carbocycles. The third kappa shape index (κ3) is 6.68. The Morgan fingerprint density at radius 1 is 0.250 bits per heavy atom. The van der Waals surface area contributed by atoms with Gasteiger partial charge in [0.2, 0.25) is 5.95 Å². The van der Waals surface area contributed by atoms with Gasteiger partial charge in [0, 0.05) is 38.4 Å². The van der Waals surface area contributed by atoms with Gasteiger partial charge in [0.25, 0.3) is 0 Å². The molecule has 0 spiro atoms. The number of fused-ring (bicyclic) bond motifs is 7. The molecule has 318 valence electrons. The van der Waals surface area contributed by atoms with Crippen molar-refractivity contribution in [3.05, 3.63) is 249 Å². The maximum absolute atomic E-state index is 5.49. The Bertz CT molecular complexity index is 4010. The topological polar surface area (TPSA) is 48.5 Å². The first kappa shape index (κ1) is 39.2.